The smallest absolute Gasteiger partial charge is 0.293 e. The van der Waals surface area contributed by atoms with Gasteiger partial charge < -0.3 is 19.6 Å². The molecule has 0 aliphatic carbocycles. The summed E-state index contributed by atoms with van der Waals surface area (Å²) in [5.74, 6) is -0.173. The van der Waals surface area contributed by atoms with Gasteiger partial charge in [0.2, 0.25) is 11.7 Å². The Morgan fingerprint density at radius 3 is 2.84 bits per heavy atom. The zero-order valence-corrected chi connectivity index (χ0v) is 11.3. The van der Waals surface area contributed by atoms with Gasteiger partial charge in [-0.2, -0.15) is 0 Å². The molecule has 1 atom stereocenters. The third-order valence-corrected chi connectivity index (χ3v) is 3.17. The van der Waals surface area contributed by atoms with Crippen molar-refractivity contribution in [2.75, 3.05) is 33.7 Å². The quantitative estimate of drug-likeness (QED) is 0.779. The Balaban J connectivity index is 2.23. The van der Waals surface area contributed by atoms with E-state index in [2.05, 4.69) is 10.5 Å². The minimum absolute atomic E-state index is 0.0993. The molecule has 19 heavy (non-hydrogen) atoms. The first-order valence-electron chi connectivity index (χ1n) is 6.16. The lowest BCUT2D eigenvalue weighted by Crippen LogP contribution is -2.59. The Hall–Kier alpha value is -1.89. The molecule has 0 radical (unpaired) electrons. The highest BCUT2D eigenvalue weighted by Crippen LogP contribution is 2.14. The highest BCUT2D eigenvalue weighted by atomic mass is 16.5. The number of nitrogens with one attached hydrogen (secondary N) is 1. The van der Waals surface area contributed by atoms with Gasteiger partial charge in [-0.05, 0) is 6.92 Å². The largest absolute Gasteiger partial charge is 0.351 e. The summed E-state index contributed by atoms with van der Waals surface area (Å²) in [4.78, 5) is 27.6. The van der Waals surface area contributed by atoms with Crippen molar-refractivity contribution in [2.24, 2.45) is 0 Å². The van der Waals surface area contributed by atoms with Crippen LogP contribution in [0.3, 0.4) is 0 Å². The lowest BCUT2D eigenvalue weighted by molar-refractivity contribution is -0.134. The molecule has 0 spiro atoms. The molecule has 104 valence electrons. The molecular weight excluding hydrogens is 248 g/mol. The second-order valence-corrected chi connectivity index (χ2v) is 4.79. The van der Waals surface area contributed by atoms with Crippen molar-refractivity contribution in [3.63, 3.8) is 0 Å². The summed E-state index contributed by atoms with van der Waals surface area (Å²) in [5.41, 5.74) is 0.680. The van der Waals surface area contributed by atoms with Crippen LogP contribution in [0.15, 0.2) is 10.7 Å². The fraction of sp³-hybridized carbons (Fsp3) is 0.583. The minimum Gasteiger partial charge on any atom is -0.351 e. The summed E-state index contributed by atoms with van der Waals surface area (Å²) >= 11 is 0. The monoisotopic (exact) mass is 266 g/mol. The van der Waals surface area contributed by atoms with E-state index in [0.717, 1.165) is 0 Å². The van der Waals surface area contributed by atoms with Crippen LogP contribution < -0.4 is 5.32 Å². The van der Waals surface area contributed by atoms with Gasteiger partial charge in [0.05, 0.1) is 6.20 Å². The van der Waals surface area contributed by atoms with Gasteiger partial charge in [0.1, 0.15) is 6.04 Å². The van der Waals surface area contributed by atoms with Crippen LogP contribution in [0.1, 0.15) is 16.1 Å². The minimum atomic E-state index is -0.499. The van der Waals surface area contributed by atoms with E-state index < -0.39 is 6.04 Å². The van der Waals surface area contributed by atoms with E-state index in [1.807, 2.05) is 0 Å². The van der Waals surface area contributed by atoms with Crippen LogP contribution in [-0.4, -0.2) is 66.5 Å². The first-order chi connectivity index (χ1) is 9.02. The van der Waals surface area contributed by atoms with Crippen LogP contribution in [0.4, 0.5) is 0 Å². The predicted molar refractivity (Wildman–Crippen MR) is 67.6 cm³/mol. The summed E-state index contributed by atoms with van der Waals surface area (Å²) in [6, 6.07) is -0.499. The molecule has 2 rings (SSSR count). The molecular formula is C12H18N4O3. The molecule has 1 saturated heterocycles. The number of nitrogens with zero attached hydrogens (tertiary/aromatic N) is 3. The summed E-state index contributed by atoms with van der Waals surface area (Å²) in [7, 11) is 3.36. The zero-order valence-electron chi connectivity index (χ0n) is 11.3. The summed E-state index contributed by atoms with van der Waals surface area (Å²) in [6.07, 6.45) is 1.50. The van der Waals surface area contributed by atoms with Crippen molar-refractivity contribution in [1.82, 2.24) is 20.3 Å². The van der Waals surface area contributed by atoms with Crippen LogP contribution in [-0.2, 0) is 4.79 Å². The van der Waals surface area contributed by atoms with Crippen LogP contribution in [0, 0.1) is 6.92 Å². The van der Waals surface area contributed by atoms with Gasteiger partial charge in [0.25, 0.3) is 5.91 Å². The van der Waals surface area contributed by atoms with E-state index in [4.69, 9.17) is 4.52 Å². The molecule has 1 aliphatic rings. The number of hydrogen-bond acceptors (Lipinski definition) is 5. The fourth-order valence-electron chi connectivity index (χ4n) is 2.09. The lowest BCUT2D eigenvalue weighted by atomic mass is 10.1. The first kappa shape index (κ1) is 13.5. The average Bonchev–Trinajstić information content (AvgIpc) is 2.83. The fourth-order valence-corrected chi connectivity index (χ4v) is 2.09. The van der Waals surface area contributed by atoms with Crippen molar-refractivity contribution >= 4 is 11.8 Å². The molecule has 0 bridgehead atoms. The Bertz CT molecular complexity index is 483. The highest BCUT2D eigenvalue weighted by molar-refractivity contribution is 5.96. The van der Waals surface area contributed by atoms with Gasteiger partial charge >= 0.3 is 0 Å². The van der Waals surface area contributed by atoms with Gasteiger partial charge in [0, 0.05) is 39.3 Å². The van der Waals surface area contributed by atoms with Crippen molar-refractivity contribution in [1.29, 1.82) is 0 Å². The SMILES string of the molecule is Cc1cnoc1C(=O)N1CCNCC1C(=O)N(C)C. The molecule has 0 saturated carbocycles. The van der Waals surface area contributed by atoms with E-state index in [0.29, 0.717) is 25.2 Å². The highest BCUT2D eigenvalue weighted by Gasteiger charge is 2.35. The molecule has 1 fully saturated rings. The number of aryl methyl sites for hydroxylation is 1. The Labute approximate surface area is 111 Å². The van der Waals surface area contributed by atoms with Crippen LogP contribution in [0.25, 0.3) is 0 Å². The standard InChI is InChI=1S/C12H18N4O3/c1-8-6-14-19-10(8)12(18)16-5-4-13-7-9(16)11(17)15(2)3/h6,9,13H,4-5,7H2,1-3H3. The van der Waals surface area contributed by atoms with Gasteiger partial charge in [0.15, 0.2) is 0 Å². The second-order valence-electron chi connectivity index (χ2n) is 4.79. The van der Waals surface area contributed by atoms with Crippen molar-refractivity contribution in [3.05, 3.63) is 17.5 Å². The molecule has 0 aromatic carbocycles. The van der Waals surface area contributed by atoms with Crippen LogP contribution in [0.5, 0.6) is 0 Å². The third-order valence-electron chi connectivity index (χ3n) is 3.17. The molecule has 1 N–H and O–H groups in total. The van der Waals surface area contributed by atoms with Gasteiger partial charge in [-0.25, -0.2) is 0 Å². The lowest BCUT2D eigenvalue weighted by Gasteiger charge is -2.35. The number of hydrogen-bond donors (Lipinski definition) is 1. The Morgan fingerprint density at radius 2 is 2.26 bits per heavy atom. The number of aromatic nitrogens is 1. The summed E-state index contributed by atoms with van der Waals surface area (Å²) < 4.78 is 4.98. The van der Waals surface area contributed by atoms with Crippen LogP contribution >= 0.6 is 0 Å². The Morgan fingerprint density at radius 1 is 1.53 bits per heavy atom. The Kier molecular flexibility index (Phi) is 3.84. The zero-order chi connectivity index (χ0) is 14.0. The van der Waals surface area contributed by atoms with Crippen molar-refractivity contribution < 1.29 is 14.1 Å². The van der Waals surface area contributed by atoms with Crippen molar-refractivity contribution in [2.45, 2.75) is 13.0 Å². The molecule has 2 heterocycles. The van der Waals surface area contributed by atoms with Crippen molar-refractivity contribution in [3.8, 4) is 0 Å². The van der Waals surface area contributed by atoms with E-state index >= 15 is 0 Å². The van der Waals surface area contributed by atoms with Gasteiger partial charge in [-0.3, -0.25) is 9.59 Å². The molecule has 7 nitrogen and oxygen atoms in total. The molecule has 7 heteroatoms. The van der Waals surface area contributed by atoms with E-state index in [1.54, 1.807) is 25.9 Å². The van der Waals surface area contributed by atoms with E-state index in [9.17, 15) is 9.59 Å². The van der Waals surface area contributed by atoms with E-state index in [-0.39, 0.29) is 17.6 Å². The number of piperazine rings is 1. The topological polar surface area (TPSA) is 78.7 Å². The number of likely N-dealkylation sites (N-methyl/N-ethyl adjacent to an activating group) is 1. The maximum absolute atomic E-state index is 12.4. The average molecular weight is 266 g/mol. The number of carbonyl (C=O) groups is 2. The molecule has 1 aromatic heterocycles. The molecule has 2 amide bonds. The molecule has 1 aromatic rings. The summed E-state index contributed by atoms with van der Waals surface area (Å²) in [5, 5.41) is 6.74. The number of rotatable bonds is 2. The number of carbonyl (C=O) groups excluding carboxylic acids is 2. The van der Waals surface area contributed by atoms with Crippen LogP contribution in [0.2, 0.25) is 0 Å². The maximum Gasteiger partial charge on any atom is 0.293 e. The van der Waals surface area contributed by atoms with Gasteiger partial charge in [-0.15, -0.1) is 0 Å². The normalized spacial score (nSPS) is 19.3. The summed E-state index contributed by atoms with van der Waals surface area (Å²) in [6.45, 7) is 3.35. The van der Waals surface area contributed by atoms with Gasteiger partial charge in [-0.1, -0.05) is 5.16 Å². The predicted octanol–water partition coefficient (Wildman–Crippen LogP) is -0.515. The first-order valence-corrected chi connectivity index (χ1v) is 6.16. The number of amides is 2. The second kappa shape index (κ2) is 5.40. The molecule has 1 aliphatic heterocycles. The van der Waals surface area contributed by atoms with E-state index in [1.165, 1.54) is 11.1 Å². The maximum atomic E-state index is 12.4. The third kappa shape index (κ3) is 2.60. The molecule has 1 unspecified atom stereocenters.